The summed E-state index contributed by atoms with van der Waals surface area (Å²) in [6.07, 6.45) is 4.97. The van der Waals surface area contributed by atoms with Gasteiger partial charge in [-0.25, -0.2) is 0 Å². The summed E-state index contributed by atoms with van der Waals surface area (Å²) < 4.78 is 0. The lowest BCUT2D eigenvalue weighted by atomic mass is 10.1. The van der Waals surface area contributed by atoms with Gasteiger partial charge in [0, 0.05) is 11.6 Å². The van der Waals surface area contributed by atoms with Crippen molar-refractivity contribution in [3.63, 3.8) is 0 Å². The van der Waals surface area contributed by atoms with Crippen LogP contribution in [-0.2, 0) is 0 Å². The fourth-order valence-electron chi connectivity index (χ4n) is 2.44. The SMILES string of the molecule is OC(CNCC1CCCC1)c1ccc(Cl)cc1. The van der Waals surface area contributed by atoms with E-state index in [1.807, 2.05) is 24.3 Å². The highest BCUT2D eigenvalue weighted by molar-refractivity contribution is 6.30. The Morgan fingerprint density at radius 3 is 2.53 bits per heavy atom. The average Bonchev–Trinajstić information content (AvgIpc) is 2.83. The van der Waals surface area contributed by atoms with Gasteiger partial charge in [0.2, 0.25) is 0 Å². The van der Waals surface area contributed by atoms with Gasteiger partial charge in [-0.15, -0.1) is 0 Å². The van der Waals surface area contributed by atoms with E-state index < -0.39 is 6.10 Å². The van der Waals surface area contributed by atoms with Gasteiger partial charge in [-0.05, 0) is 43.0 Å². The molecular formula is C14H20ClNO. The zero-order valence-corrected chi connectivity index (χ0v) is 10.8. The van der Waals surface area contributed by atoms with Crippen molar-refractivity contribution in [2.75, 3.05) is 13.1 Å². The van der Waals surface area contributed by atoms with Gasteiger partial charge in [-0.3, -0.25) is 0 Å². The van der Waals surface area contributed by atoms with Gasteiger partial charge < -0.3 is 10.4 Å². The molecular weight excluding hydrogens is 234 g/mol. The molecule has 1 aromatic carbocycles. The third-order valence-corrected chi connectivity index (χ3v) is 3.75. The summed E-state index contributed by atoms with van der Waals surface area (Å²) in [5.41, 5.74) is 0.924. The first kappa shape index (κ1) is 12.9. The van der Waals surface area contributed by atoms with Crippen LogP contribution in [0.25, 0.3) is 0 Å². The molecule has 2 nitrogen and oxygen atoms in total. The summed E-state index contributed by atoms with van der Waals surface area (Å²) in [6, 6.07) is 7.39. The van der Waals surface area contributed by atoms with E-state index in [0.717, 1.165) is 18.0 Å². The molecule has 3 heteroatoms. The van der Waals surface area contributed by atoms with E-state index in [-0.39, 0.29) is 0 Å². The highest BCUT2D eigenvalue weighted by Crippen LogP contribution is 2.24. The highest BCUT2D eigenvalue weighted by Gasteiger charge is 2.15. The third-order valence-electron chi connectivity index (χ3n) is 3.50. The second-order valence-corrected chi connectivity index (χ2v) is 5.31. The molecule has 0 aromatic heterocycles. The lowest BCUT2D eigenvalue weighted by Gasteiger charge is -2.15. The number of aliphatic hydroxyl groups excluding tert-OH is 1. The van der Waals surface area contributed by atoms with Crippen molar-refractivity contribution in [3.8, 4) is 0 Å². The number of hydrogen-bond acceptors (Lipinski definition) is 2. The molecule has 0 heterocycles. The Labute approximate surface area is 108 Å². The summed E-state index contributed by atoms with van der Waals surface area (Å²) >= 11 is 5.81. The lowest BCUT2D eigenvalue weighted by molar-refractivity contribution is 0.173. The molecule has 0 aliphatic heterocycles. The lowest BCUT2D eigenvalue weighted by Crippen LogP contribution is -2.26. The number of hydrogen-bond donors (Lipinski definition) is 2. The van der Waals surface area contributed by atoms with E-state index in [1.54, 1.807) is 0 Å². The first-order valence-electron chi connectivity index (χ1n) is 6.40. The van der Waals surface area contributed by atoms with Crippen LogP contribution < -0.4 is 5.32 Å². The van der Waals surface area contributed by atoms with E-state index in [4.69, 9.17) is 11.6 Å². The maximum atomic E-state index is 9.98. The molecule has 1 saturated carbocycles. The molecule has 94 valence electrons. The Kier molecular flexibility index (Phi) is 4.84. The van der Waals surface area contributed by atoms with Gasteiger partial charge in [0.1, 0.15) is 0 Å². The molecule has 1 aromatic rings. The first-order valence-corrected chi connectivity index (χ1v) is 6.78. The zero-order valence-electron chi connectivity index (χ0n) is 10.0. The molecule has 1 aliphatic carbocycles. The molecule has 2 rings (SSSR count). The van der Waals surface area contributed by atoms with Gasteiger partial charge in [-0.1, -0.05) is 36.6 Å². The van der Waals surface area contributed by atoms with Crippen molar-refractivity contribution in [3.05, 3.63) is 34.9 Å². The molecule has 0 bridgehead atoms. The molecule has 0 spiro atoms. The Bertz CT molecular complexity index is 333. The van der Waals surface area contributed by atoms with Crippen LogP contribution in [0, 0.1) is 5.92 Å². The smallest absolute Gasteiger partial charge is 0.0914 e. The molecule has 0 amide bonds. The van der Waals surface area contributed by atoms with Gasteiger partial charge in [0.15, 0.2) is 0 Å². The summed E-state index contributed by atoms with van der Waals surface area (Å²) in [4.78, 5) is 0. The van der Waals surface area contributed by atoms with Crippen molar-refractivity contribution < 1.29 is 5.11 Å². The fourth-order valence-corrected chi connectivity index (χ4v) is 2.57. The van der Waals surface area contributed by atoms with Crippen LogP contribution in [0.3, 0.4) is 0 Å². The normalized spacial score (nSPS) is 18.5. The average molecular weight is 254 g/mol. The number of benzene rings is 1. The molecule has 1 unspecified atom stereocenters. The van der Waals surface area contributed by atoms with Crippen LogP contribution in [0.5, 0.6) is 0 Å². The molecule has 17 heavy (non-hydrogen) atoms. The van der Waals surface area contributed by atoms with Crippen molar-refractivity contribution in [1.82, 2.24) is 5.32 Å². The summed E-state index contributed by atoms with van der Waals surface area (Å²) in [5, 5.41) is 14.0. The van der Waals surface area contributed by atoms with Crippen LogP contribution in [0.2, 0.25) is 5.02 Å². The van der Waals surface area contributed by atoms with Crippen LogP contribution in [0.4, 0.5) is 0 Å². The largest absolute Gasteiger partial charge is 0.387 e. The van der Waals surface area contributed by atoms with Crippen molar-refractivity contribution in [2.45, 2.75) is 31.8 Å². The standard InChI is InChI=1S/C14H20ClNO/c15-13-7-5-12(6-8-13)14(17)10-16-9-11-3-1-2-4-11/h5-8,11,14,16-17H,1-4,9-10H2. The molecule has 2 N–H and O–H groups in total. The van der Waals surface area contributed by atoms with E-state index in [0.29, 0.717) is 11.6 Å². The van der Waals surface area contributed by atoms with Gasteiger partial charge >= 0.3 is 0 Å². The van der Waals surface area contributed by atoms with E-state index >= 15 is 0 Å². The Balaban J connectivity index is 1.72. The first-order chi connectivity index (χ1) is 8.25. The molecule has 0 saturated heterocycles. The van der Waals surface area contributed by atoms with Gasteiger partial charge in [-0.2, -0.15) is 0 Å². The van der Waals surface area contributed by atoms with Gasteiger partial charge in [0.25, 0.3) is 0 Å². The summed E-state index contributed by atoms with van der Waals surface area (Å²) in [5.74, 6) is 0.812. The maximum absolute atomic E-state index is 9.98. The van der Waals surface area contributed by atoms with Crippen molar-refractivity contribution in [1.29, 1.82) is 0 Å². The predicted molar refractivity (Wildman–Crippen MR) is 71.2 cm³/mol. The molecule has 0 radical (unpaired) electrons. The quantitative estimate of drug-likeness (QED) is 0.845. The monoisotopic (exact) mass is 253 g/mol. The van der Waals surface area contributed by atoms with E-state index in [9.17, 15) is 5.11 Å². The van der Waals surface area contributed by atoms with Crippen molar-refractivity contribution in [2.24, 2.45) is 5.92 Å². The second-order valence-electron chi connectivity index (χ2n) is 4.88. The van der Waals surface area contributed by atoms with Gasteiger partial charge in [0.05, 0.1) is 6.10 Å². The molecule has 1 fully saturated rings. The number of nitrogens with one attached hydrogen (secondary N) is 1. The summed E-state index contributed by atoms with van der Waals surface area (Å²) in [6.45, 7) is 1.66. The number of rotatable bonds is 5. The Morgan fingerprint density at radius 1 is 1.24 bits per heavy atom. The topological polar surface area (TPSA) is 32.3 Å². The molecule has 1 aliphatic rings. The predicted octanol–water partition coefficient (Wildman–Crippen LogP) is 3.15. The van der Waals surface area contributed by atoms with Crippen LogP contribution >= 0.6 is 11.6 Å². The molecule has 1 atom stereocenters. The van der Waals surface area contributed by atoms with E-state index in [1.165, 1.54) is 25.7 Å². The minimum Gasteiger partial charge on any atom is -0.387 e. The maximum Gasteiger partial charge on any atom is 0.0914 e. The van der Waals surface area contributed by atoms with Crippen molar-refractivity contribution >= 4 is 11.6 Å². The Hall–Kier alpha value is -0.570. The number of aliphatic hydroxyl groups is 1. The zero-order chi connectivity index (χ0) is 12.1. The second kappa shape index (κ2) is 6.39. The third kappa shape index (κ3) is 3.98. The van der Waals surface area contributed by atoms with E-state index in [2.05, 4.69) is 5.32 Å². The van der Waals surface area contributed by atoms with Crippen LogP contribution in [-0.4, -0.2) is 18.2 Å². The minimum absolute atomic E-state index is 0.436. The Morgan fingerprint density at radius 2 is 1.88 bits per heavy atom. The van der Waals surface area contributed by atoms with Crippen LogP contribution in [0.15, 0.2) is 24.3 Å². The number of halogens is 1. The minimum atomic E-state index is -0.436. The highest BCUT2D eigenvalue weighted by atomic mass is 35.5. The fraction of sp³-hybridized carbons (Fsp3) is 0.571. The summed E-state index contributed by atoms with van der Waals surface area (Å²) in [7, 11) is 0. The van der Waals surface area contributed by atoms with Crippen LogP contribution in [0.1, 0.15) is 37.4 Å².